The fourth-order valence-corrected chi connectivity index (χ4v) is 4.32. The summed E-state index contributed by atoms with van der Waals surface area (Å²) in [5.41, 5.74) is 1.95. The lowest BCUT2D eigenvalue weighted by atomic mass is 9.94. The highest BCUT2D eigenvalue weighted by atomic mass is 19.1. The second-order valence-corrected chi connectivity index (χ2v) is 8.38. The molecule has 7 nitrogen and oxygen atoms in total. The molecular formula is C24H26FN3O4. The monoisotopic (exact) mass is 439 g/mol. The van der Waals surface area contributed by atoms with Gasteiger partial charge in [-0.05, 0) is 49.6 Å². The van der Waals surface area contributed by atoms with Gasteiger partial charge < -0.3 is 15.3 Å². The van der Waals surface area contributed by atoms with E-state index >= 15 is 0 Å². The summed E-state index contributed by atoms with van der Waals surface area (Å²) in [6, 6.07) is 11.1. The van der Waals surface area contributed by atoms with Crippen LogP contribution in [0.1, 0.15) is 46.0 Å². The maximum absolute atomic E-state index is 13.5. The highest BCUT2D eigenvalue weighted by Gasteiger charge is 2.39. The molecule has 3 amide bonds. The quantitative estimate of drug-likeness (QED) is 0.675. The predicted octanol–water partition coefficient (Wildman–Crippen LogP) is 2.34. The molecule has 0 aromatic heterocycles. The number of halogens is 1. The first-order valence-corrected chi connectivity index (χ1v) is 10.8. The lowest BCUT2D eigenvalue weighted by Gasteiger charge is -2.34. The van der Waals surface area contributed by atoms with Gasteiger partial charge in [-0.25, -0.2) is 4.39 Å². The Morgan fingerprint density at radius 2 is 1.88 bits per heavy atom. The van der Waals surface area contributed by atoms with Gasteiger partial charge in [0.2, 0.25) is 5.91 Å². The number of nitrogens with zero attached hydrogens (tertiary/aromatic N) is 2. The zero-order valence-electron chi connectivity index (χ0n) is 17.9. The van der Waals surface area contributed by atoms with Gasteiger partial charge in [-0.15, -0.1) is 0 Å². The number of imide groups is 1. The molecule has 2 N–H and O–H groups in total. The van der Waals surface area contributed by atoms with Gasteiger partial charge in [-0.1, -0.05) is 18.2 Å². The van der Waals surface area contributed by atoms with Crippen LogP contribution in [0.5, 0.6) is 0 Å². The molecule has 4 rings (SSSR count). The van der Waals surface area contributed by atoms with E-state index in [4.69, 9.17) is 0 Å². The standard InChI is InChI=1S/C24H26FN3O4/c1-15(29)13-26-22(30)17-8-10-27(11-9-17)20-7-3-6-19-21(20)24(32)28(23(19)31)14-16-4-2-5-18(25)12-16/h2-7,12,15,17,29H,8-11,13-14H2,1H3,(H,26,30)/t15-/m0/s1. The van der Waals surface area contributed by atoms with Crippen molar-refractivity contribution in [3.8, 4) is 0 Å². The summed E-state index contributed by atoms with van der Waals surface area (Å²) < 4.78 is 13.5. The fraction of sp³-hybridized carbons (Fsp3) is 0.375. The van der Waals surface area contributed by atoms with Crippen molar-refractivity contribution in [2.45, 2.75) is 32.4 Å². The number of benzene rings is 2. The lowest BCUT2D eigenvalue weighted by Crippen LogP contribution is -2.42. The Hall–Kier alpha value is -3.26. The van der Waals surface area contributed by atoms with Crippen molar-refractivity contribution in [2.75, 3.05) is 24.5 Å². The molecule has 32 heavy (non-hydrogen) atoms. The summed E-state index contributed by atoms with van der Waals surface area (Å²) in [5.74, 6) is -1.41. The van der Waals surface area contributed by atoms with Crippen LogP contribution in [0, 0.1) is 11.7 Å². The smallest absolute Gasteiger partial charge is 0.263 e. The number of carbonyl (C=O) groups is 3. The maximum Gasteiger partial charge on any atom is 0.263 e. The van der Waals surface area contributed by atoms with E-state index in [2.05, 4.69) is 5.32 Å². The first kappa shape index (κ1) is 22.0. The summed E-state index contributed by atoms with van der Waals surface area (Å²) in [7, 11) is 0. The molecule has 0 radical (unpaired) electrons. The van der Waals surface area contributed by atoms with E-state index in [0.717, 1.165) is 4.90 Å². The molecule has 8 heteroatoms. The summed E-state index contributed by atoms with van der Waals surface area (Å²) in [6.45, 7) is 3.01. The molecule has 2 aliphatic rings. The van der Waals surface area contributed by atoms with Crippen LogP contribution < -0.4 is 10.2 Å². The van der Waals surface area contributed by atoms with Gasteiger partial charge in [0.1, 0.15) is 5.82 Å². The molecule has 2 heterocycles. The Morgan fingerprint density at radius 3 is 2.56 bits per heavy atom. The van der Waals surface area contributed by atoms with E-state index in [-0.39, 0.29) is 36.7 Å². The number of aliphatic hydroxyl groups excluding tert-OH is 1. The average molecular weight is 439 g/mol. The summed E-state index contributed by atoms with van der Waals surface area (Å²) in [5, 5.41) is 12.1. The second-order valence-electron chi connectivity index (χ2n) is 8.38. The Morgan fingerprint density at radius 1 is 1.16 bits per heavy atom. The van der Waals surface area contributed by atoms with Crippen molar-refractivity contribution in [1.82, 2.24) is 10.2 Å². The minimum Gasteiger partial charge on any atom is -0.392 e. The van der Waals surface area contributed by atoms with Gasteiger partial charge in [-0.2, -0.15) is 0 Å². The van der Waals surface area contributed by atoms with E-state index in [1.807, 2.05) is 11.0 Å². The van der Waals surface area contributed by atoms with Gasteiger partial charge in [0.25, 0.3) is 11.8 Å². The second kappa shape index (κ2) is 9.08. The van der Waals surface area contributed by atoms with Gasteiger partial charge in [0, 0.05) is 25.6 Å². The first-order valence-electron chi connectivity index (χ1n) is 10.8. The number of amides is 3. The van der Waals surface area contributed by atoms with Gasteiger partial charge in [0.05, 0.1) is 29.5 Å². The molecular weight excluding hydrogens is 413 g/mol. The van der Waals surface area contributed by atoms with Crippen LogP contribution in [0.25, 0.3) is 0 Å². The van der Waals surface area contributed by atoms with Crippen LogP contribution in [-0.2, 0) is 11.3 Å². The van der Waals surface area contributed by atoms with Gasteiger partial charge in [-0.3, -0.25) is 19.3 Å². The normalized spacial score (nSPS) is 17.5. The Balaban J connectivity index is 1.48. The molecule has 0 unspecified atom stereocenters. The number of anilines is 1. The predicted molar refractivity (Wildman–Crippen MR) is 117 cm³/mol. The van der Waals surface area contributed by atoms with Gasteiger partial charge in [0.15, 0.2) is 0 Å². The minimum atomic E-state index is -0.593. The van der Waals surface area contributed by atoms with Crippen molar-refractivity contribution in [3.63, 3.8) is 0 Å². The van der Waals surface area contributed by atoms with Crippen molar-refractivity contribution in [1.29, 1.82) is 0 Å². The largest absolute Gasteiger partial charge is 0.392 e. The number of piperidine rings is 1. The van der Waals surface area contributed by atoms with Crippen LogP contribution in [0.4, 0.5) is 10.1 Å². The molecule has 2 aliphatic heterocycles. The highest BCUT2D eigenvalue weighted by molar-refractivity contribution is 6.23. The maximum atomic E-state index is 13.5. The number of aliphatic hydroxyl groups is 1. The molecule has 2 aromatic rings. The SMILES string of the molecule is C[C@H](O)CNC(=O)C1CCN(c2cccc3c2C(=O)N(Cc2cccc(F)c2)C3=O)CC1. The molecule has 0 aliphatic carbocycles. The summed E-state index contributed by atoms with van der Waals surface area (Å²) in [6.07, 6.45) is 0.638. The number of hydrogen-bond acceptors (Lipinski definition) is 5. The summed E-state index contributed by atoms with van der Waals surface area (Å²) >= 11 is 0. The molecule has 2 aromatic carbocycles. The molecule has 0 saturated carbocycles. The third-order valence-electron chi connectivity index (χ3n) is 5.98. The lowest BCUT2D eigenvalue weighted by molar-refractivity contribution is -0.126. The zero-order valence-corrected chi connectivity index (χ0v) is 17.9. The van der Waals surface area contributed by atoms with Crippen molar-refractivity contribution in [3.05, 3.63) is 65.0 Å². The Labute approximate surface area is 185 Å². The van der Waals surface area contributed by atoms with Crippen LogP contribution >= 0.6 is 0 Å². The number of rotatable bonds is 6. The number of fused-ring (bicyclic) bond motifs is 1. The van der Waals surface area contributed by atoms with E-state index in [1.165, 1.54) is 12.1 Å². The topological polar surface area (TPSA) is 89.9 Å². The molecule has 1 saturated heterocycles. The summed E-state index contributed by atoms with van der Waals surface area (Å²) in [4.78, 5) is 41.6. The molecule has 0 bridgehead atoms. The molecule has 168 valence electrons. The van der Waals surface area contributed by atoms with Crippen LogP contribution in [0.3, 0.4) is 0 Å². The number of nitrogens with one attached hydrogen (secondary N) is 1. The number of hydrogen-bond donors (Lipinski definition) is 2. The van der Waals surface area contributed by atoms with Crippen LogP contribution in [0.15, 0.2) is 42.5 Å². The Kier molecular flexibility index (Phi) is 6.23. The average Bonchev–Trinajstić information content (AvgIpc) is 3.02. The van der Waals surface area contributed by atoms with E-state index < -0.39 is 11.9 Å². The first-order chi connectivity index (χ1) is 15.3. The van der Waals surface area contributed by atoms with Crippen LogP contribution in [-0.4, -0.2) is 53.5 Å². The Bertz CT molecular complexity index is 1050. The minimum absolute atomic E-state index is 0.00900. The van der Waals surface area contributed by atoms with E-state index in [1.54, 1.807) is 31.2 Å². The van der Waals surface area contributed by atoms with Crippen LogP contribution in [0.2, 0.25) is 0 Å². The fourth-order valence-electron chi connectivity index (χ4n) is 4.32. The van der Waals surface area contributed by atoms with Gasteiger partial charge >= 0.3 is 0 Å². The zero-order chi connectivity index (χ0) is 22.8. The molecule has 1 atom stereocenters. The van der Waals surface area contributed by atoms with Crippen molar-refractivity contribution in [2.24, 2.45) is 5.92 Å². The molecule has 1 fully saturated rings. The van der Waals surface area contributed by atoms with E-state index in [0.29, 0.717) is 48.3 Å². The number of carbonyl (C=O) groups excluding carboxylic acids is 3. The third kappa shape index (κ3) is 4.36. The third-order valence-corrected chi connectivity index (χ3v) is 5.98. The molecule has 0 spiro atoms. The van der Waals surface area contributed by atoms with Crippen molar-refractivity contribution < 1.29 is 23.9 Å². The highest BCUT2D eigenvalue weighted by Crippen LogP contribution is 2.34. The van der Waals surface area contributed by atoms with Crippen molar-refractivity contribution >= 4 is 23.4 Å². The van der Waals surface area contributed by atoms with E-state index in [9.17, 15) is 23.9 Å².